The van der Waals surface area contributed by atoms with Crippen molar-refractivity contribution in [3.05, 3.63) is 25.3 Å². The molecule has 2 N–H and O–H groups in total. The van der Waals surface area contributed by atoms with Crippen molar-refractivity contribution in [2.75, 3.05) is 13.2 Å². The van der Waals surface area contributed by atoms with E-state index in [1.807, 2.05) is 0 Å². The highest BCUT2D eigenvalue weighted by molar-refractivity contribution is 5.69. The van der Waals surface area contributed by atoms with Gasteiger partial charge in [0.25, 0.3) is 0 Å². The van der Waals surface area contributed by atoms with E-state index in [1.54, 1.807) is 0 Å². The molecule has 0 aromatic heterocycles. The molecule has 0 aliphatic rings. The Labute approximate surface area is 167 Å². The van der Waals surface area contributed by atoms with Crippen LogP contribution in [-0.2, 0) is 9.53 Å². The highest BCUT2D eigenvalue weighted by Gasteiger charge is 2.11. The van der Waals surface area contributed by atoms with Gasteiger partial charge < -0.3 is 14.9 Å². The van der Waals surface area contributed by atoms with Gasteiger partial charge in [-0.15, -0.1) is 13.2 Å². The quantitative estimate of drug-likeness (QED) is 0.180. The number of esters is 1. The topological polar surface area (TPSA) is 66.8 Å². The number of aliphatic hydroxyl groups excluding tert-OH is 2. The Kier molecular flexibility index (Phi) is 25.9. The molecule has 0 aliphatic carbocycles. The van der Waals surface area contributed by atoms with E-state index in [1.165, 1.54) is 57.8 Å². The Hall–Kier alpha value is -1.13. The van der Waals surface area contributed by atoms with E-state index < -0.39 is 6.10 Å². The van der Waals surface area contributed by atoms with Crippen LogP contribution in [0.5, 0.6) is 0 Å². The number of carbonyl (C=O) groups excluding carboxylic acids is 1. The maximum Gasteiger partial charge on any atom is 0.306 e. The second-order valence-corrected chi connectivity index (χ2v) is 6.81. The van der Waals surface area contributed by atoms with E-state index >= 15 is 0 Å². The van der Waals surface area contributed by atoms with Gasteiger partial charge >= 0.3 is 5.97 Å². The van der Waals surface area contributed by atoms with E-state index in [0.29, 0.717) is 6.42 Å². The third-order valence-electron chi connectivity index (χ3n) is 4.35. The van der Waals surface area contributed by atoms with E-state index in [4.69, 9.17) is 14.9 Å². The van der Waals surface area contributed by atoms with Crippen LogP contribution in [0.3, 0.4) is 0 Å². The first-order valence-corrected chi connectivity index (χ1v) is 10.8. The summed E-state index contributed by atoms with van der Waals surface area (Å²) in [7, 11) is 0. The average Bonchev–Trinajstić information content (AvgIpc) is 2.70. The summed E-state index contributed by atoms with van der Waals surface area (Å²) >= 11 is 0. The van der Waals surface area contributed by atoms with E-state index in [9.17, 15) is 4.79 Å². The first-order chi connectivity index (χ1) is 13.2. The van der Waals surface area contributed by atoms with Gasteiger partial charge in [-0.25, -0.2) is 0 Å². The van der Waals surface area contributed by atoms with Gasteiger partial charge in [0.15, 0.2) is 0 Å². The van der Waals surface area contributed by atoms with Crippen LogP contribution in [0.15, 0.2) is 25.3 Å². The zero-order chi connectivity index (χ0) is 20.6. The lowest BCUT2D eigenvalue weighted by Crippen LogP contribution is -2.25. The van der Waals surface area contributed by atoms with Gasteiger partial charge in [0.1, 0.15) is 6.10 Å². The molecule has 0 heterocycles. The summed E-state index contributed by atoms with van der Waals surface area (Å²) in [6.45, 7) is 7.60. The van der Waals surface area contributed by atoms with Crippen molar-refractivity contribution in [3.8, 4) is 0 Å². The third-order valence-corrected chi connectivity index (χ3v) is 4.35. The molecule has 0 saturated heterocycles. The minimum Gasteiger partial charge on any atom is -0.457 e. The van der Waals surface area contributed by atoms with Crippen LogP contribution in [0.25, 0.3) is 0 Å². The normalized spacial score (nSPS) is 10.8. The monoisotopic (exact) mass is 384 g/mol. The Balaban J connectivity index is 0. The lowest BCUT2D eigenvalue weighted by molar-refractivity contribution is -0.153. The van der Waals surface area contributed by atoms with Gasteiger partial charge in [-0.2, -0.15) is 0 Å². The molecular weight excluding hydrogens is 340 g/mol. The zero-order valence-electron chi connectivity index (χ0n) is 17.7. The van der Waals surface area contributed by atoms with Crippen LogP contribution in [0.2, 0.25) is 0 Å². The minimum absolute atomic E-state index is 0.325. The molecular formula is C23H44O4. The molecule has 4 nitrogen and oxygen atoms in total. The van der Waals surface area contributed by atoms with Crippen molar-refractivity contribution in [3.63, 3.8) is 0 Å². The maximum atomic E-state index is 11.5. The van der Waals surface area contributed by atoms with Crippen LogP contribution in [0, 0.1) is 0 Å². The molecule has 0 aromatic carbocycles. The Morgan fingerprint density at radius 1 is 0.815 bits per heavy atom. The van der Waals surface area contributed by atoms with E-state index in [2.05, 4.69) is 32.2 Å². The van der Waals surface area contributed by atoms with Gasteiger partial charge in [0.05, 0.1) is 13.2 Å². The highest BCUT2D eigenvalue weighted by Crippen LogP contribution is 2.10. The maximum absolute atomic E-state index is 11.5. The lowest BCUT2D eigenvalue weighted by atomic mass is 10.1. The molecule has 0 spiro atoms. The number of unbranched alkanes of at least 4 members (excludes halogenated alkanes) is 11. The number of rotatable bonds is 18. The van der Waals surface area contributed by atoms with Crippen molar-refractivity contribution in [1.82, 2.24) is 0 Å². The van der Waals surface area contributed by atoms with E-state index in [0.717, 1.165) is 25.7 Å². The molecule has 0 amide bonds. The van der Waals surface area contributed by atoms with Crippen molar-refractivity contribution in [2.45, 2.75) is 103 Å². The smallest absolute Gasteiger partial charge is 0.306 e. The standard InChI is InChI=1S/C21H40O4.C2H4/c1-2-3-4-5-6-7-8-9-10-11-12-13-14-15-16-17-21(24)25-20(18-22)19-23;1-2/h9-10,20,22-23H,2-8,11-19H2,1H3;1-2H2/b10-9-;. The summed E-state index contributed by atoms with van der Waals surface area (Å²) < 4.78 is 4.92. The SMILES string of the molecule is C=C.CCCCCCCC/C=C\CCCCCCCC(=O)OC(CO)CO. The summed E-state index contributed by atoms with van der Waals surface area (Å²) in [5.41, 5.74) is 0. The van der Waals surface area contributed by atoms with Gasteiger partial charge in [0.2, 0.25) is 0 Å². The highest BCUT2D eigenvalue weighted by atomic mass is 16.6. The number of hydrogen-bond acceptors (Lipinski definition) is 4. The van der Waals surface area contributed by atoms with Crippen molar-refractivity contribution in [2.24, 2.45) is 0 Å². The minimum atomic E-state index is -0.768. The molecule has 4 heteroatoms. The zero-order valence-corrected chi connectivity index (χ0v) is 17.7. The predicted octanol–water partition coefficient (Wildman–Crippen LogP) is 5.72. The molecule has 0 aromatic rings. The number of hydrogen-bond donors (Lipinski definition) is 2. The predicted molar refractivity (Wildman–Crippen MR) is 115 cm³/mol. The fourth-order valence-electron chi connectivity index (χ4n) is 2.72. The molecule has 160 valence electrons. The second kappa shape index (κ2) is 24.9. The fraction of sp³-hybridized carbons (Fsp3) is 0.783. The fourth-order valence-corrected chi connectivity index (χ4v) is 2.72. The summed E-state index contributed by atoms with van der Waals surface area (Å²) in [5, 5.41) is 17.7. The van der Waals surface area contributed by atoms with E-state index in [-0.39, 0.29) is 19.2 Å². The first kappa shape index (κ1) is 28.1. The van der Waals surface area contributed by atoms with Gasteiger partial charge in [-0.1, -0.05) is 70.4 Å². The number of ether oxygens (including phenoxy) is 1. The Morgan fingerprint density at radius 2 is 1.26 bits per heavy atom. The average molecular weight is 385 g/mol. The molecule has 0 aliphatic heterocycles. The molecule has 0 bridgehead atoms. The molecule has 27 heavy (non-hydrogen) atoms. The summed E-state index contributed by atoms with van der Waals surface area (Å²) in [6.07, 6.45) is 20.2. The molecule has 0 atom stereocenters. The lowest BCUT2D eigenvalue weighted by Gasteiger charge is -2.12. The van der Waals surface area contributed by atoms with Crippen molar-refractivity contribution >= 4 is 5.97 Å². The molecule has 0 unspecified atom stereocenters. The van der Waals surface area contributed by atoms with Crippen LogP contribution < -0.4 is 0 Å². The van der Waals surface area contributed by atoms with Crippen molar-refractivity contribution in [1.29, 1.82) is 0 Å². The van der Waals surface area contributed by atoms with Crippen LogP contribution >= 0.6 is 0 Å². The van der Waals surface area contributed by atoms with Gasteiger partial charge in [-0.05, 0) is 32.1 Å². The largest absolute Gasteiger partial charge is 0.457 e. The van der Waals surface area contributed by atoms with Crippen molar-refractivity contribution < 1.29 is 19.7 Å². The third kappa shape index (κ3) is 22.8. The Morgan fingerprint density at radius 3 is 1.74 bits per heavy atom. The summed E-state index contributed by atoms with van der Waals surface area (Å²) in [5.74, 6) is -0.328. The van der Waals surface area contributed by atoms with Gasteiger partial charge in [0, 0.05) is 6.42 Å². The Bertz CT molecular complexity index is 324. The summed E-state index contributed by atoms with van der Waals surface area (Å²) in [6, 6.07) is 0. The first-order valence-electron chi connectivity index (χ1n) is 10.8. The number of aliphatic hydroxyl groups is 2. The van der Waals surface area contributed by atoms with Gasteiger partial charge in [-0.3, -0.25) is 4.79 Å². The van der Waals surface area contributed by atoms with Crippen LogP contribution in [0.4, 0.5) is 0 Å². The summed E-state index contributed by atoms with van der Waals surface area (Å²) in [4.78, 5) is 11.5. The van der Waals surface area contributed by atoms with Crippen LogP contribution in [-0.4, -0.2) is 35.5 Å². The molecule has 0 rings (SSSR count). The second-order valence-electron chi connectivity index (χ2n) is 6.81. The molecule has 0 radical (unpaired) electrons. The number of allylic oxidation sites excluding steroid dienone is 2. The molecule has 0 saturated carbocycles. The number of carbonyl (C=O) groups is 1. The van der Waals surface area contributed by atoms with Crippen LogP contribution in [0.1, 0.15) is 96.8 Å². The molecule has 0 fully saturated rings.